The van der Waals surface area contributed by atoms with Crippen molar-refractivity contribution in [3.05, 3.63) is 48.6 Å². The van der Waals surface area contributed by atoms with Gasteiger partial charge in [-0.05, 0) is 18.4 Å². The summed E-state index contributed by atoms with van der Waals surface area (Å²) in [6.45, 7) is 6.31. The SMILES string of the molecule is C=CCCCN1CCN(Cc2ccccc2)C(CC(=O)O)C1=O. The van der Waals surface area contributed by atoms with E-state index in [1.54, 1.807) is 4.90 Å². The van der Waals surface area contributed by atoms with Gasteiger partial charge in [-0.15, -0.1) is 6.58 Å². The number of carbonyl (C=O) groups is 2. The molecule has 124 valence electrons. The highest BCUT2D eigenvalue weighted by molar-refractivity contribution is 5.86. The number of carboxylic acid groups (broad SMARTS) is 1. The fraction of sp³-hybridized carbons (Fsp3) is 0.444. The number of allylic oxidation sites excluding steroid dienone is 1. The molecule has 1 aliphatic rings. The predicted molar refractivity (Wildman–Crippen MR) is 88.9 cm³/mol. The molecule has 1 saturated heterocycles. The number of carbonyl (C=O) groups excluding carboxylic acids is 1. The van der Waals surface area contributed by atoms with Crippen LogP contribution < -0.4 is 0 Å². The Morgan fingerprint density at radius 3 is 2.70 bits per heavy atom. The van der Waals surface area contributed by atoms with Gasteiger partial charge in [-0.25, -0.2) is 0 Å². The Morgan fingerprint density at radius 1 is 1.30 bits per heavy atom. The lowest BCUT2D eigenvalue weighted by molar-refractivity contribution is -0.149. The fourth-order valence-electron chi connectivity index (χ4n) is 2.92. The molecule has 1 fully saturated rings. The average molecular weight is 316 g/mol. The van der Waals surface area contributed by atoms with Crippen LogP contribution in [0.2, 0.25) is 0 Å². The number of hydrogen-bond donors (Lipinski definition) is 1. The number of hydrogen-bond acceptors (Lipinski definition) is 3. The van der Waals surface area contributed by atoms with Crippen LogP contribution in [0.3, 0.4) is 0 Å². The molecule has 1 aromatic rings. The summed E-state index contributed by atoms with van der Waals surface area (Å²) >= 11 is 0. The average Bonchev–Trinajstić information content (AvgIpc) is 2.54. The molecule has 5 heteroatoms. The molecular formula is C18H24N2O3. The Morgan fingerprint density at radius 2 is 2.04 bits per heavy atom. The second kappa shape index (κ2) is 8.48. The number of benzene rings is 1. The lowest BCUT2D eigenvalue weighted by Gasteiger charge is -2.40. The Hall–Kier alpha value is -2.14. The summed E-state index contributed by atoms with van der Waals surface area (Å²) in [5, 5.41) is 9.16. The van der Waals surface area contributed by atoms with E-state index in [-0.39, 0.29) is 12.3 Å². The highest BCUT2D eigenvalue weighted by Gasteiger charge is 2.35. The molecule has 5 nitrogen and oxygen atoms in total. The lowest BCUT2D eigenvalue weighted by atomic mass is 10.1. The summed E-state index contributed by atoms with van der Waals surface area (Å²) in [4.78, 5) is 27.6. The summed E-state index contributed by atoms with van der Waals surface area (Å²) in [7, 11) is 0. The van der Waals surface area contributed by atoms with Gasteiger partial charge in [-0.3, -0.25) is 14.5 Å². The van der Waals surface area contributed by atoms with Crippen LogP contribution in [0.25, 0.3) is 0 Å². The summed E-state index contributed by atoms with van der Waals surface area (Å²) in [5.74, 6) is -1.01. The highest BCUT2D eigenvalue weighted by atomic mass is 16.4. The second-order valence-corrected chi connectivity index (χ2v) is 5.83. The number of unbranched alkanes of at least 4 members (excludes halogenated alkanes) is 1. The van der Waals surface area contributed by atoms with Gasteiger partial charge < -0.3 is 10.0 Å². The third kappa shape index (κ3) is 4.93. The first kappa shape index (κ1) is 17.2. The summed E-state index contributed by atoms with van der Waals surface area (Å²) < 4.78 is 0. The van der Waals surface area contributed by atoms with Crippen molar-refractivity contribution in [3.63, 3.8) is 0 Å². The van der Waals surface area contributed by atoms with E-state index in [1.165, 1.54) is 0 Å². The minimum atomic E-state index is -0.936. The van der Waals surface area contributed by atoms with Crippen LogP contribution in [0.15, 0.2) is 43.0 Å². The lowest BCUT2D eigenvalue weighted by Crippen LogP contribution is -2.57. The Balaban J connectivity index is 2.05. The number of amides is 1. The van der Waals surface area contributed by atoms with Gasteiger partial charge in [-0.1, -0.05) is 36.4 Å². The van der Waals surface area contributed by atoms with Crippen LogP contribution in [0, 0.1) is 0 Å². The predicted octanol–water partition coefficient (Wildman–Crippen LogP) is 2.14. The van der Waals surface area contributed by atoms with Gasteiger partial charge in [0.05, 0.1) is 6.42 Å². The van der Waals surface area contributed by atoms with E-state index in [4.69, 9.17) is 5.11 Å². The van der Waals surface area contributed by atoms with Crippen molar-refractivity contribution in [1.82, 2.24) is 9.80 Å². The van der Waals surface area contributed by atoms with Gasteiger partial charge in [0.25, 0.3) is 0 Å². The number of carboxylic acids is 1. The maximum atomic E-state index is 12.7. The molecule has 1 unspecified atom stereocenters. The van der Waals surface area contributed by atoms with Crippen LogP contribution in [0.5, 0.6) is 0 Å². The molecule has 1 N–H and O–H groups in total. The Labute approximate surface area is 137 Å². The Bertz CT molecular complexity index is 544. The van der Waals surface area contributed by atoms with E-state index in [1.807, 2.05) is 41.3 Å². The van der Waals surface area contributed by atoms with Crippen molar-refractivity contribution in [3.8, 4) is 0 Å². The molecule has 1 aromatic carbocycles. The van der Waals surface area contributed by atoms with Gasteiger partial charge in [0, 0.05) is 26.2 Å². The van der Waals surface area contributed by atoms with Crippen LogP contribution in [0.4, 0.5) is 0 Å². The van der Waals surface area contributed by atoms with Crippen molar-refractivity contribution in [2.45, 2.75) is 31.8 Å². The van der Waals surface area contributed by atoms with E-state index in [0.29, 0.717) is 26.2 Å². The standard InChI is InChI=1S/C18H24N2O3/c1-2-3-7-10-19-11-12-20(14-15-8-5-4-6-9-15)16(18(19)23)13-17(21)22/h2,4-6,8-9,16H,1,3,7,10-14H2,(H,21,22). The van der Waals surface area contributed by atoms with E-state index >= 15 is 0 Å². The smallest absolute Gasteiger partial charge is 0.305 e. The third-order valence-electron chi connectivity index (χ3n) is 4.13. The number of aliphatic carboxylic acids is 1. The van der Waals surface area contributed by atoms with Crippen LogP contribution >= 0.6 is 0 Å². The van der Waals surface area contributed by atoms with Gasteiger partial charge in [0.1, 0.15) is 6.04 Å². The molecule has 0 aromatic heterocycles. The zero-order chi connectivity index (χ0) is 16.7. The molecule has 1 atom stereocenters. The van der Waals surface area contributed by atoms with Crippen molar-refractivity contribution in [2.75, 3.05) is 19.6 Å². The topological polar surface area (TPSA) is 60.9 Å². The first-order valence-corrected chi connectivity index (χ1v) is 8.01. The third-order valence-corrected chi connectivity index (χ3v) is 4.13. The number of rotatable bonds is 8. The molecule has 1 heterocycles. The molecule has 1 amide bonds. The van der Waals surface area contributed by atoms with Gasteiger partial charge in [-0.2, -0.15) is 0 Å². The van der Waals surface area contributed by atoms with Crippen molar-refractivity contribution >= 4 is 11.9 Å². The van der Waals surface area contributed by atoms with E-state index in [0.717, 1.165) is 18.4 Å². The van der Waals surface area contributed by atoms with Crippen molar-refractivity contribution in [1.29, 1.82) is 0 Å². The van der Waals surface area contributed by atoms with Crippen LogP contribution in [-0.4, -0.2) is 52.5 Å². The molecule has 0 aliphatic carbocycles. The molecular weight excluding hydrogens is 292 g/mol. The molecule has 0 bridgehead atoms. The second-order valence-electron chi connectivity index (χ2n) is 5.83. The van der Waals surface area contributed by atoms with Gasteiger partial charge in [0.2, 0.25) is 5.91 Å². The minimum absolute atomic E-state index is 0.0707. The molecule has 0 saturated carbocycles. The molecule has 2 rings (SSSR count). The van der Waals surface area contributed by atoms with Gasteiger partial charge in [0.15, 0.2) is 0 Å². The van der Waals surface area contributed by atoms with Crippen LogP contribution in [0.1, 0.15) is 24.8 Å². The molecule has 23 heavy (non-hydrogen) atoms. The normalized spacial score (nSPS) is 18.9. The molecule has 0 spiro atoms. The van der Waals surface area contributed by atoms with E-state index in [2.05, 4.69) is 6.58 Å². The fourth-order valence-corrected chi connectivity index (χ4v) is 2.92. The molecule has 1 aliphatic heterocycles. The monoisotopic (exact) mass is 316 g/mol. The summed E-state index contributed by atoms with van der Waals surface area (Å²) in [6.07, 6.45) is 3.42. The quantitative estimate of drug-likeness (QED) is 0.589. The maximum absolute atomic E-state index is 12.7. The first-order valence-electron chi connectivity index (χ1n) is 8.01. The summed E-state index contributed by atoms with van der Waals surface area (Å²) in [5.41, 5.74) is 1.09. The van der Waals surface area contributed by atoms with Gasteiger partial charge >= 0.3 is 5.97 Å². The van der Waals surface area contributed by atoms with Crippen molar-refractivity contribution < 1.29 is 14.7 Å². The highest BCUT2D eigenvalue weighted by Crippen LogP contribution is 2.18. The first-order chi connectivity index (χ1) is 11.1. The molecule has 0 radical (unpaired) electrons. The van der Waals surface area contributed by atoms with E-state index in [9.17, 15) is 9.59 Å². The number of nitrogens with zero attached hydrogens (tertiary/aromatic N) is 2. The number of piperazine rings is 1. The largest absolute Gasteiger partial charge is 0.481 e. The van der Waals surface area contributed by atoms with E-state index < -0.39 is 12.0 Å². The van der Waals surface area contributed by atoms with Crippen molar-refractivity contribution in [2.24, 2.45) is 0 Å². The zero-order valence-electron chi connectivity index (χ0n) is 13.4. The zero-order valence-corrected chi connectivity index (χ0v) is 13.4. The minimum Gasteiger partial charge on any atom is -0.481 e. The van der Waals surface area contributed by atoms with Crippen LogP contribution in [-0.2, 0) is 16.1 Å². The Kier molecular flexibility index (Phi) is 6.35. The maximum Gasteiger partial charge on any atom is 0.305 e. The summed E-state index contributed by atoms with van der Waals surface area (Å²) in [6, 6.07) is 9.27.